The molecule has 0 radical (unpaired) electrons. The molecule has 2 aliphatic rings. The highest BCUT2D eigenvalue weighted by Gasteiger charge is 2.33. The van der Waals surface area contributed by atoms with Crippen LogP contribution in [0.25, 0.3) is 21.9 Å². The second-order valence-corrected chi connectivity index (χ2v) is 13.3. The average Bonchev–Trinajstić information content (AvgIpc) is 3.49. The molecule has 2 unspecified atom stereocenters. The fourth-order valence-corrected chi connectivity index (χ4v) is 7.28. The van der Waals surface area contributed by atoms with Gasteiger partial charge in [0.1, 0.15) is 17.9 Å². The first-order valence-corrected chi connectivity index (χ1v) is 16.4. The van der Waals surface area contributed by atoms with Gasteiger partial charge in [-0.3, -0.25) is 14.5 Å². The van der Waals surface area contributed by atoms with Gasteiger partial charge in [-0.1, -0.05) is 28.5 Å². The molecule has 2 bridgehead atoms. The number of hydrogen-bond acceptors (Lipinski definition) is 9. The summed E-state index contributed by atoms with van der Waals surface area (Å²) < 4.78 is 12.6. The van der Waals surface area contributed by atoms with E-state index < -0.39 is 11.6 Å². The van der Waals surface area contributed by atoms with E-state index in [4.69, 9.17) is 31.5 Å². The summed E-state index contributed by atoms with van der Waals surface area (Å²) >= 11 is 6.22. The van der Waals surface area contributed by atoms with Crippen LogP contribution < -0.4 is 16.3 Å². The number of esters is 1. The Balaban J connectivity index is 0.894. The largest absolute Gasteiger partial charge is 0.459 e. The maximum absolute atomic E-state index is 12.7. The van der Waals surface area contributed by atoms with Crippen LogP contribution in [0.3, 0.4) is 0 Å². The predicted molar refractivity (Wildman–Crippen MR) is 183 cm³/mol. The van der Waals surface area contributed by atoms with E-state index in [0.717, 1.165) is 73.0 Å². The number of aromatic nitrogens is 4. The first kappa shape index (κ1) is 30.9. The first-order chi connectivity index (χ1) is 22.7. The van der Waals surface area contributed by atoms with Crippen LogP contribution in [0, 0.1) is 5.92 Å². The van der Waals surface area contributed by atoms with Gasteiger partial charge in [-0.05, 0) is 86.3 Å². The molecule has 3 heterocycles. The summed E-state index contributed by atoms with van der Waals surface area (Å²) in [6.45, 7) is 0.747. The van der Waals surface area contributed by atoms with Gasteiger partial charge in [0.05, 0.1) is 18.1 Å². The molecule has 0 fully saturated rings. The van der Waals surface area contributed by atoms with E-state index in [0.29, 0.717) is 39.1 Å². The number of rotatable bonds is 10. The van der Waals surface area contributed by atoms with Crippen molar-refractivity contribution in [3.05, 3.63) is 98.3 Å². The van der Waals surface area contributed by atoms with E-state index in [1.54, 1.807) is 10.7 Å². The third-order valence-corrected chi connectivity index (χ3v) is 9.54. The van der Waals surface area contributed by atoms with Crippen LogP contribution in [0.2, 0.25) is 5.02 Å². The number of pyridine rings is 1. The molecule has 0 aliphatic heterocycles. The predicted octanol–water partition coefficient (Wildman–Crippen LogP) is 6.37. The molecule has 5 aromatic rings. The molecule has 10 nitrogen and oxygen atoms in total. The molecule has 3 aromatic heterocycles. The van der Waals surface area contributed by atoms with Crippen LogP contribution in [0.15, 0.2) is 69.5 Å². The monoisotopic (exact) mass is 652 g/mol. The number of nitrogens with two attached hydrogens (primary N) is 1. The lowest BCUT2D eigenvalue weighted by Crippen LogP contribution is -2.24. The van der Waals surface area contributed by atoms with Gasteiger partial charge in [-0.25, -0.2) is 4.79 Å². The number of carbonyl (C=O) groups is 1. The second kappa shape index (κ2) is 12.8. The van der Waals surface area contributed by atoms with Crippen LogP contribution in [-0.2, 0) is 35.5 Å². The van der Waals surface area contributed by atoms with Crippen molar-refractivity contribution in [1.29, 1.82) is 0 Å². The van der Waals surface area contributed by atoms with E-state index in [-0.39, 0.29) is 13.0 Å². The number of benzene rings is 2. The number of halogens is 1. The zero-order chi connectivity index (χ0) is 32.7. The molecule has 2 aromatic carbocycles. The maximum Gasteiger partial charge on any atom is 0.336 e. The molecule has 0 spiro atoms. The summed E-state index contributed by atoms with van der Waals surface area (Å²) in [6.07, 6.45) is 10.3. The van der Waals surface area contributed by atoms with Crippen LogP contribution in [0.1, 0.15) is 60.5 Å². The van der Waals surface area contributed by atoms with Gasteiger partial charge in [-0.15, -0.1) is 5.10 Å². The van der Waals surface area contributed by atoms with Gasteiger partial charge in [0.25, 0.3) is 0 Å². The highest BCUT2D eigenvalue weighted by atomic mass is 35.5. The highest BCUT2D eigenvalue weighted by Crippen LogP contribution is 2.47. The van der Waals surface area contributed by atoms with E-state index in [2.05, 4.69) is 16.4 Å². The van der Waals surface area contributed by atoms with Crippen molar-refractivity contribution >= 4 is 50.8 Å². The summed E-state index contributed by atoms with van der Waals surface area (Å²) in [5, 5.41) is 10.8. The SMILES string of the molecule is CN(C)c1ccc2c(CC(=O)OCc3cn(CCCCC4=CC5Cc6nc7cc(Cl)ccc7c(N)c6C(C4)C5)nn3)cc(=O)oc2c1. The highest BCUT2D eigenvalue weighted by molar-refractivity contribution is 6.31. The topological polar surface area (TPSA) is 129 Å². The van der Waals surface area contributed by atoms with Gasteiger partial charge in [0.15, 0.2) is 0 Å². The van der Waals surface area contributed by atoms with Gasteiger partial charge < -0.3 is 19.8 Å². The molecule has 2 aliphatic carbocycles. The van der Waals surface area contributed by atoms with Gasteiger partial charge >= 0.3 is 11.6 Å². The lowest BCUT2D eigenvalue weighted by molar-refractivity contribution is -0.144. The van der Waals surface area contributed by atoms with E-state index in [1.165, 1.54) is 17.2 Å². The summed E-state index contributed by atoms with van der Waals surface area (Å²) in [4.78, 5) is 31.7. The Morgan fingerprint density at radius 1 is 1.13 bits per heavy atom. The molecule has 2 atom stereocenters. The molecule has 0 saturated heterocycles. The Morgan fingerprint density at radius 3 is 2.83 bits per heavy atom. The lowest BCUT2D eigenvalue weighted by atomic mass is 9.70. The van der Waals surface area contributed by atoms with Gasteiger partial charge in [0, 0.05) is 71.2 Å². The van der Waals surface area contributed by atoms with Crippen molar-refractivity contribution in [2.45, 2.75) is 64.0 Å². The Morgan fingerprint density at radius 2 is 1.98 bits per heavy atom. The van der Waals surface area contributed by atoms with Crippen LogP contribution in [0.5, 0.6) is 0 Å². The first-order valence-electron chi connectivity index (χ1n) is 16.1. The van der Waals surface area contributed by atoms with E-state index in [1.807, 2.05) is 55.5 Å². The third kappa shape index (κ3) is 6.60. The number of anilines is 2. The molecule has 0 saturated carbocycles. The number of nitrogen functional groups attached to an aromatic ring is 1. The molecule has 47 heavy (non-hydrogen) atoms. The van der Waals surface area contributed by atoms with Crippen LogP contribution in [-0.4, -0.2) is 40.0 Å². The minimum atomic E-state index is -0.506. The minimum Gasteiger partial charge on any atom is -0.459 e. The van der Waals surface area contributed by atoms with Crippen molar-refractivity contribution in [1.82, 2.24) is 20.0 Å². The van der Waals surface area contributed by atoms with Crippen LogP contribution >= 0.6 is 11.6 Å². The normalized spacial score (nSPS) is 17.0. The van der Waals surface area contributed by atoms with Crippen molar-refractivity contribution in [3.8, 4) is 0 Å². The molecule has 242 valence electrons. The fourth-order valence-electron chi connectivity index (χ4n) is 7.12. The number of hydrogen-bond donors (Lipinski definition) is 1. The standard InChI is InChI=1S/C36H37ClN6O4/c1-42(2)27-7-9-28-23(16-34(45)47-32(28)18-27)15-33(44)46-20-26-19-43(41-40-26)10-4-3-5-21-11-22-13-24(12-21)35-31(14-22)39-30-17-25(37)6-8-29(30)36(35)38/h6-9,11,16-19,22,24H,3-5,10,12-15,20H2,1-2H3,(H2,38,39). The van der Waals surface area contributed by atoms with Gasteiger partial charge in [0.2, 0.25) is 0 Å². The molecule has 11 heteroatoms. The average molecular weight is 653 g/mol. The molecule has 2 N–H and O–H groups in total. The van der Waals surface area contributed by atoms with Crippen molar-refractivity contribution in [3.63, 3.8) is 0 Å². The molecule has 0 amide bonds. The summed E-state index contributed by atoms with van der Waals surface area (Å²) in [5.41, 5.74) is 14.3. The van der Waals surface area contributed by atoms with Crippen molar-refractivity contribution in [2.75, 3.05) is 24.7 Å². The smallest absolute Gasteiger partial charge is 0.336 e. The number of aryl methyl sites for hydroxylation is 1. The number of carbonyl (C=O) groups excluding carboxylic acids is 1. The van der Waals surface area contributed by atoms with E-state index in [9.17, 15) is 9.59 Å². The number of nitrogens with zero attached hydrogens (tertiary/aromatic N) is 5. The Kier molecular flexibility index (Phi) is 8.44. The van der Waals surface area contributed by atoms with E-state index >= 15 is 0 Å². The Bertz CT molecular complexity index is 2080. The zero-order valence-corrected chi connectivity index (χ0v) is 27.3. The van der Waals surface area contributed by atoms with Gasteiger partial charge in [-0.2, -0.15) is 0 Å². The number of allylic oxidation sites excluding steroid dienone is 2. The molecular formula is C36H37ClN6O4. The second-order valence-electron chi connectivity index (χ2n) is 12.9. The fraction of sp³-hybridized carbons (Fsp3) is 0.361. The Hall–Kier alpha value is -4.70. The molecule has 7 rings (SSSR count). The zero-order valence-electron chi connectivity index (χ0n) is 26.5. The van der Waals surface area contributed by atoms with Crippen molar-refractivity contribution in [2.24, 2.45) is 5.92 Å². The summed E-state index contributed by atoms with van der Waals surface area (Å²) in [5.74, 6) is 0.450. The lowest BCUT2D eigenvalue weighted by Gasteiger charge is -2.36. The number of unbranched alkanes of at least 4 members (excludes halogenated alkanes) is 1. The number of ether oxygens (including phenoxy) is 1. The van der Waals surface area contributed by atoms with Crippen molar-refractivity contribution < 1.29 is 13.9 Å². The maximum atomic E-state index is 12.7. The third-order valence-electron chi connectivity index (χ3n) is 9.30. The molecular weight excluding hydrogens is 616 g/mol. The quantitative estimate of drug-likeness (QED) is 0.0792. The van der Waals surface area contributed by atoms with Crippen LogP contribution in [0.4, 0.5) is 11.4 Å². The summed E-state index contributed by atoms with van der Waals surface area (Å²) in [7, 11) is 3.81. The Labute approximate surface area is 277 Å². The number of fused-ring (bicyclic) bond motifs is 6. The summed E-state index contributed by atoms with van der Waals surface area (Å²) in [6, 6.07) is 12.7. The minimum absolute atomic E-state index is 0.0143.